The van der Waals surface area contributed by atoms with Gasteiger partial charge in [0.25, 0.3) is 0 Å². The van der Waals surface area contributed by atoms with Crippen LogP contribution in [-0.4, -0.2) is 58.0 Å². The lowest BCUT2D eigenvalue weighted by molar-refractivity contribution is 0.234. The molecule has 3 fully saturated rings. The number of hydrogen-bond donors (Lipinski definition) is 4. The van der Waals surface area contributed by atoms with E-state index in [1.54, 1.807) is 28.8 Å². The topological polar surface area (TPSA) is 124 Å². The normalized spacial score (nSPS) is 28.9. The number of fused-ring (bicyclic) bond motifs is 3. The van der Waals surface area contributed by atoms with Crippen LogP contribution in [0.2, 0.25) is 0 Å². The molecule has 2 bridgehead atoms. The average molecular weight is 495 g/mol. The number of pyridine rings is 3. The zero-order chi connectivity index (χ0) is 24.0. The molecular formula is C24H30N8O2S. The van der Waals surface area contributed by atoms with Crippen molar-refractivity contribution in [3.63, 3.8) is 0 Å². The van der Waals surface area contributed by atoms with Crippen molar-refractivity contribution in [3.05, 3.63) is 48.9 Å². The lowest BCUT2D eigenvalue weighted by Gasteiger charge is -2.38. The van der Waals surface area contributed by atoms with Crippen molar-refractivity contribution in [2.75, 3.05) is 10.6 Å². The van der Waals surface area contributed by atoms with Gasteiger partial charge in [-0.1, -0.05) is 0 Å². The summed E-state index contributed by atoms with van der Waals surface area (Å²) in [5.41, 5.74) is 7.34. The summed E-state index contributed by atoms with van der Waals surface area (Å²) in [6.45, 7) is 2.13. The third kappa shape index (κ3) is 4.33. The molecule has 10 nitrogen and oxygen atoms in total. The van der Waals surface area contributed by atoms with E-state index in [4.69, 9.17) is 4.98 Å². The Morgan fingerprint density at radius 1 is 1.03 bits per heavy atom. The quantitative estimate of drug-likeness (QED) is 0.409. The second-order valence-corrected chi connectivity index (χ2v) is 11.6. The van der Waals surface area contributed by atoms with E-state index in [1.165, 1.54) is 6.20 Å². The maximum Gasteiger partial charge on any atom is 0.245 e. The monoisotopic (exact) mass is 494 g/mol. The molecule has 3 aromatic heterocycles. The highest BCUT2D eigenvalue weighted by molar-refractivity contribution is 7.89. The SMILES string of the molecule is CC1CC(Nc2cc3ncccc3c(NC3C[C@H]4CC[C@@H](C3)N4S(=O)(=O)c3cccnc3)n2)NN1. The van der Waals surface area contributed by atoms with Gasteiger partial charge < -0.3 is 10.6 Å². The van der Waals surface area contributed by atoms with Gasteiger partial charge in [-0.05, 0) is 63.3 Å². The van der Waals surface area contributed by atoms with Crippen LogP contribution < -0.4 is 21.5 Å². The summed E-state index contributed by atoms with van der Waals surface area (Å²) in [6.07, 6.45) is 9.08. The van der Waals surface area contributed by atoms with Crippen LogP contribution in [-0.2, 0) is 10.0 Å². The second kappa shape index (κ2) is 8.98. The zero-order valence-electron chi connectivity index (χ0n) is 19.6. The molecule has 0 aromatic carbocycles. The van der Waals surface area contributed by atoms with Crippen LogP contribution >= 0.6 is 0 Å². The summed E-state index contributed by atoms with van der Waals surface area (Å²) >= 11 is 0. The molecule has 6 heterocycles. The van der Waals surface area contributed by atoms with Gasteiger partial charge in [0.1, 0.15) is 16.5 Å². The number of anilines is 2. The summed E-state index contributed by atoms with van der Waals surface area (Å²) in [4.78, 5) is 13.7. The number of sulfonamides is 1. The lowest BCUT2D eigenvalue weighted by atomic mass is 9.99. The van der Waals surface area contributed by atoms with Crippen LogP contribution in [0.4, 0.5) is 11.6 Å². The Kier molecular flexibility index (Phi) is 5.79. The van der Waals surface area contributed by atoms with Gasteiger partial charge in [0.15, 0.2) is 0 Å². The van der Waals surface area contributed by atoms with Crippen LogP contribution in [0.15, 0.2) is 53.8 Å². The van der Waals surface area contributed by atoms with Crippen molar-refractivity contribution in [2.45, 2.75) is 74.3 Å². The van der Waals surface area contributed by atoms with Gasteiger partial charge in [0.05, 0.1) is 11.7 Å². The predicted octanol–water partition coefficient (Wildman–Crippen LogP) is 2.45. The lowest BCUT2D eigenvalue weighted by Crippen LogP contribution is -2.49. The van der Waals surface area contributed by atoms with Crippen LogP contribution in [0, 0.1) is 0 Å². The van der Waals surface area contributed by atoms with Crippen molar-refractivity contribution in [1.29, 1.82) is 0 Å². The molecule has 5 atom stereocenters. The summed E-state index contributed by atoms with van der Waals surface area (Å²) < 4.78 is 28.4. The fourth-order valence-corrected chi connectivity index (χ4v) is 7.56. The first-order chi connectivity index (χ1) is 17.0. The largest absolute Gasteiger partial charge is 0.367 e. The fraction of sp³-hybridized carbons (Fsp3) is 0.458. The molecule has 0 amide bonds. The van der Waals surface area contributed by atoms with Crippen LogP contribution in [0.5, 0.6) is 0 Å². The van der Waals surface area contributed by atoms with Crippen molar-refractivity contribution >= 4 is 32.6 Å². The Balaban J connectivity index is 1.23. The number of nitrogens with zero attached hydrogens (tertiary/aromatic N) is 4. The van der Waals surface area contributed by atoms with E-state index in [9.17, 15) is 8.42 Å². The first-order valence-electron chi connectivity index (χ1n) is 12.2. The molecular weight excluding hydrogens is 464 g/mol. The van der Waals surface area contributed by atoms with Crippen molar-refractivity contribution in [1.82, 2.24) is 30.1 Å². The standard InChI is InChI=1S/C24H30N8O2S/c1-15-10-23(31-30-15)28-22-13-21-20(5-3-9-26-21)24(29-22)27-16-11-17-6-7-18(12-16)32(17)35(33,34)19-4-2-8-25-14-19/h2-5,8-9,13-18,23,30-31H,6-7,10-12H2,1H3,(H2,27,28,29)/t15?,16?,17-,18+,23?. The summed E-state index contributed by atoms with van der Waals surface area (Å²) in [7, 11) is -3.56. The average Bonchev–Trinajstić information content (AvgIpc) is 3.39. The van der Waals surface area contributed by atoms with Crippen molar-refractivity contribution < 1.29 is 8.42 Å². The van der Waals surface area contributed by atoms with Gasteiger partial charge in [-0.25, -0.2) is 18.8 Å². The highest BCUT2D eigenvalue weighted by atomic mass is 32.2. The molecule has 6 rings (SSSR count). The third-order valence-corrected chi connectivity index (χ3v) is 9.22. The Morgan fingerprint density at radius 2 is 1.83 bits per heavy atom. The van der Waals surface area contributed by atoms with Crippen molar-refractivity contribution in [3.8, 4) is 0 Å². The van der Waals surface area contributed by atoms with Gasteiger partial charge in [0.2, 0.25) is 10.0 Å². The number of nitrogens with one attached hydrogen (secondary N) is 4. The van der Waals surface area contributed by atoms with Gasteiger partial charge in [-0.15, -0.1) is 0 Å². The molecule has 35 heavy (non-hydrogen) atoms. The number of piperidine rings is 1. The summed E-state index contributed by atoms with van der Waals surface area (Å²) in [6, 6.07) is 9.66. The van der Waals surface area contributed by atoms with Gasteiger partial charge in [-0.2, -0.15) is 4.31 Å². The number of hydrazine groups is 1. The molecule has 3 aliphatic heterocycles. The molecule has 11 heteroatoms. The smallest absolute Gasteiger partial charge is 0.245 e. The molecule has 0 radical (unpaired) electrons. The number of hydrogen-bond acceptors (Lipinski definition) is 9. The van der Waals surface area contributed by atoms with Gasteiger partial charge in [-0.3, -0.25) is 15.4 Å². The van der Waals surface area contributed by atoms with E-state index in [0.717, 1.165) is 54.6 Å². The number of aromatic nitrogens is 3. The van der Waals surface area contributed by atoms with Crippen LogP contribution in [0.3, 0.4) is 0 Å². The van der Waals surface area contributed by atoms with Crippen LogP contribution in [0.1, 0.15) is 39.0 Å². The maximum absolute atomic E-state index is 13.3. The molecule has 0 spiro atoms. The third-order valence-electron chi connectivity index (χ3n) is 7.23. The Bertz CT molecular complexity index is 1310. The van der Waals surface area contributed by atoms with E-state index in [0.29, 0.717) is 6.04 Å². The maximum atomic E-state index is 13.3. The predicted molar refractivity (Wildman–Crippen MR) is 134 cm³/mol. The molecule has 184 valence electrons. The first kappa shape index (κ1) is 22.6. The summed E-state index contributed by atoms with van der Waals surface area (Å²) in [5, 5.41) is 8.07. The minimum Gasteiger partial charge on any atom is -0.367 e. The highest BCUT2D eigenvalue weighted by Crippen LogP contribution is 2.41. The summed E-state index contributed by atoms with van der Waals surface area (Å²) in [5.74, 6) is 1.54. The molecule has 0 saturated carbocycles. The molecule has 3 saturated heterocycles. The molecule has 3 unspecified atom stereocenters. The second-order valence-electron chi connectivity index (χ2n) is 9.77. The van der Waals surface area contributed by atoms with E-state index in [2.05, 4.69) is 38.4 Å². The zero-order valence-corrected chi connectivity index (χ0v) is 20.4. The molecule has 3 aromatic rings. The van der Waals surface area contributed by atoms with E-state index in [-0.39, 0.29) is 29.2 Å². The highest BCUT2D eigenvalue weighted by Gasteiger charge is 2.47. The van der Waals surface area contributed by atoms with Gasteiger partial charge >= 0.3 is 0 Å². The van der Waals surface area contributed by atoms with E-state index >= 15 is 0 Å². The Hall–Kier alpha value is -2.86. The van der Waals surface area contributed by atoms with Crippen molar-refractivity contribution in [2.24, 2.45) is 0 Å². The Labute approximate surface area is 205 Å². The van der Waals surface area contributed by atoms with Gasteiger partial charge in [0, 0.05) is 54.2 Å². The molecule has 3 aliphatic rings. The fourth-order valence-electron chi connectivity index (χ4n) is 5.71. The number of rotatable bonds is 6. The molecule has 4 N–H and O–H groups in total. The first-order valence-corrected chi connectivity index (χ1v) is 13.6. The van der Waals surface area contributed by atoms with Crippen LogP contribution in [0.25, 0.3) is 10.9 Å². The van der Waals surface area contributed by atoms with E-state index in [1.807, 2.05) is 18.2 Å². The molecule has 0 aliphatic carbocycles. The Morgan fingerprint density at radius 3 is 2.54 bits per heavy atom. The van der Waals surface area contributed by atoms with E-state index < -0.39 is 10.0 Å². The minimum absolute atomic E-state index is 0.0302. The minimum atomic E-state index is -3.56.